The van der Waals surface area contributed by atoms with E-state index in [-0.39, 0.29) is 0 Å². The summed E-state index contributed by atoms with van der Waals surface area (Å²) in [5, 5.41) is 1.63. The highest BCUT2D eigenvalue weighted by Gasteiger charge is 2.08. The fraction of sp³-hybridized carbons (Fsp3) is 0.154. The lowest BCUT2D eigenvalue weighted by molar-refractivity contribution is 0.310. The number of rotatable bonds is 4. The van der Waals surface area contributed by atoms with Gasteiger partial charge in [0, 0.05) is 35.4 Å². The molecule has 0 amide bonds. The Morgan fingerprint density at radius 3 is 3.00 bits per heavy atom. The van der Waals surface area contributed by atoms with Gasteiger partial charge in [-0.25, -0.2) is 0 Å². The molecule has 2 aromatic heterocycles. The number of halogens is 1. The van der Waals surface area contributed by atoms with Gasteiger partial charge in [0.1, 0.15) is 12.4 Å². The summed E-state index contributed by atoms with van der Waals surface area (Å²) >= 11 is 7.77. The van der Waals surface area contributed by atoms with Crippen LogP contribution in [0.4, 0.5) is 0 Å². The van der Waals surface area contributed by atoms with Crippen LogP contribution in [0.5, 0.6) is 5.75 Å². The Kier molecular flexibility index (Phi) is 3.42. The average molecular weight is 294 g/mol. The van der Waals surface area contributed by atoms with Gasteiger partial charge < -0.3 is 15.5 Å². The zero-order chi connectivity index (χ0) is 13.2. The van der Waals surface area contributed by atoms with Crippen molar-refractivity contribution in [2.24, 2.45) is 5.73 Å². The van der Waals surface area contributed by atoms with Gasteiger partial charge in [0.25, 0.3) is 0 Å². The summed E-state index contributed by atoms with van der Waals surface area (Å²) in [6.07, 6.45) is 1.79. The molecule has 3 N–H and O–H groups in total. The fourth-order valence-electron chi connectivity index (χ4n) is 1.88. The van der Waals surface area contributed by atoms with E-state index >= 15 is 0 Å². The zero-order valence-electron chi connectivity index (χ0n) is 10.0. The van der Waals surface area contributed by atoms with Gasteiger partial charge >= 0.3 is 0 Å². The lowest BCUT2D eigenvalue weighted by Gasteiger charge is -2.06. The maximum absolute atomic E-state index is 6.21. The molecule has 0 spiro atoms. The van der Waals surface area contributed by atoms with Crippen molar-refractivity contribution in [2.45, 2.75) is 13.2 Å². The third kappa shape index (κ3) is 2.58. The van der Waals surface area contributed by atoms with Gasteiger partial charge in [0.15, 0.2) is 0 Å². The lowest BCUT2D eigenvalue weighted by Crippen LogP contribution is -1.95. The van der Waals surface area contributed by atoms with Gasteiger partial charge in [-0.05, 0) is 12.1 Å². The molecular formula is C13H12ClN3OS. The standard InChI is InChI=1S/C13H12ClN3OS/c14-11-2-8-1-9(4-15)17-12(8)3-13(11)18-6-10-5-16-7-19-10/h1-3,5,7,17H,4,6,15H2. The first-order valence-corrected chi connectivity index (χ1v) is 7.03. The number of hydrogen-bond donors (Lipinski definition) is 2. The van der Waals surface area contributed by atoms with Crippen LogP contribution in [0.25, 0.3) is 10.9 Å². The molecule has 0 atom stereocenters. The van der Waals surface area contributed by atoms with E-state index in [1.807, 2.05) is 18.2 Å². The number of hydrogen-bond acceptors (Lipinski definition) is 4. The molecule has 0 bridgehead atoms. The van der Waals surface area contributed by atoms with Gasteiger partial charge in [-0.15, -0.1) is 11.3 Å². The van der Waals surface area contributed by atoms with Gasteiger partial charge in [-0.3, -0.25) is 4.98 Å². The Hall–Kier alpha value is -1.56. The third-order valence-corrected chi connectivity index (χ3v) is 3.85. The molecule has 6 heteroatoms. The average Bonchev–Trinajstić information content (AvgIpc) is 3.04. The second-order valence-electron chi connectivity index (χ2n) is 4.12. The molecule has 3 rings (SSSR count). The van der Waals surface area contributed by atoms with Crippen molar-refractivity contribution in [3.8, 4) is 5.75 Å². The smallest absolute Gasteiger partial charge is 0.140 e. The van der Waals surface area contributed by atoms with Crippen LogP contribution in [-0.4, -0.2) is 9.97 Å². The fourth-order valence-corrected chi connectivity index (χ4v) is 2.61. The molecule has 19 heavy (non-hydrogen) atoms. The van der Waals surface area contributed by atoms with Crippen LogP contribution >= 0.6 is 22.9 Å². The number of thiazole rings is 1. The maximum Gasteiger partial charge on any atom is 0.140 e. The molecule has 0 aliphatic heterocycles. The monoisotopic (exact) mass is 293 g/mol. The quantitative estimate of drug-likeness (QED) is 0.775. The summed E-state index contributed by atoms with van der Waals surface area (Å²) in [5.74, 6) is 0.660. The number of aromatic nitrogens is 2. The minimum Gasteiger partial charge on any atom is -0.486 e. The Morgan fingerprint density at radius 2 is 2.26 bits per heavy atom. The van der Waals surface area contributed by atoms with Crippen molar-refractivity contribution in [3.05, 3.63) is 45.5 Å². The molecule has 0 unspecified atom stereocenters. The first kappa shape index (κ1) is 12.5. The van der Waals surface area contributed by atoms with Crippen LogP contribution in [0.1, 0.15) is 10.6 Å². The van der Waals surface area contributed by atoms with E-state index in [4.69, 9.17) is 22.1 Å². The minimum absolute atomic E-state index is 0.473. The number of H-pyrrole nitrogens is 1. The van der Waals surface area contributed by atoms with Crippen molar-refractivity contribution in [1.29, 1.82) is 0 Å². The number of benzene rings is 1. The first-order chi connectivity index (χ1) is 9.26. The first-order valence-electron chi connectivity index (χ1n) is 5.77. The van der Waals surface area contributed by atoms with E-state index in [0.717, 1.165) is 21.5 Å². The Morgan fingerprint density at radius 1 is 1.37 bits per heavy atom. The number of aromatic amines is 1. The lowest BCUT2D eigenvalue weighted by atomic mass is 10.2. The van der Waals surface area contributed by atoms with E-state index < -0.39 is 0 Å². The molecule has 0 saturated heterocycles. The van der Waals surface area contributed by atoms with Crippen LogP contribution in [0.15, 0.2) is 29.9 Å². The van der Waals surface area contributed by atoms with Gasteiger partial charge in [0.2, 0.25) is 0 Å². The second kappa shape index (κ2) is 5.21. The highest BCUT2D eigenvalue weighted by molar-refractivity contribution is 7.09. The summed E-state index contributed by atoms with van der Waals surface area (Å²) < 4.78 is 5.72. The van der Waals surface area contributed by atoms with Gasteiger partial charge in [-0.2, -0.15) is 0 Å². The molecule has 4 nitrogen and oxygen atoms in total. The normalized spacial score (nSPS) is 11.1. The van der Waals surface area contributed by atoms with Crippen LogP contribution in [0.3, 0.4) is 0 Å². The largest absolute Gasteiger partial charge is 0.486 e. The number of fused-ring (bicyclic) bond motifs is 1. The van der Waals surface area contributed by atoms with E-state index in [2.05, 4.69) is 9.97 Å². The highest BCUT2D eigenvalue weighted by atomic mass is 35.5. The minimum atomic E-state index is 0.473. The molecule has 3 aromatic rings. The van der Waals surface area contributed by atoms with Crippen molar-refractivity contribution in [3.63, 3.8) is 0 Å². The molecule has 2 heterocycles. The molecule has 0 aliphatic carbocycles. The predicted octanol–water partition coefficient (Wildman–Crippen LogP) is 3.32. The Balaban J connectivity index is 1.88. The van der Waals surface area contributed by atoms with Crippen LogP contribution in [0, 0.1) is 0 Å². The van der Waals surface area contributed by atoms with E-state index in [1.165, 1.54) is 0 Å². The van der Waals surface area contributed by atoms with Gasteiger partial charge in [-0.1, -0.05) is 11.6 Å². The van der Waals surface area contributed by atoms with Crippen molar-refractivity contribution in [1.82, 2.24) is 9.97 Å². The van der Waals surface area contributed by atoms with Crippen LogP contribution in [0.2, 0.25) is 5.02 Å². The van der Waals surface area contributed by atoms with Crippen LogP contribution < -0.4 is 10.5 Å². The molecule has 0 aliphatic rings. The number of nitrogens with two attached hydrogens (primary N) is 1. The number of ether oxygens (including phenoxy) is 1. The molecule has 1 aromatic carbocycles. The third-order valence-electron chi connectivity index (χ3n) is 2.80. The van der Waals surface area contributed by atoms with E-state index in [9.17, 15) is 0 Å². The zero-order valence-corrected chi connectivity index (χ0v) is 11.6. The highest BCUT2D eigenvalue weighted by Crippen LogP contribution is 2.31. The number of nitrogens with zero attached hydrogens (tertiary/aromatic N) is 1. The molecule has 0 radical (unpaired) electrons. The molecular weight excluding hydrogens is 282 g/mol. The Labute approximate surface area is 119 Å². The van der Waals surface area contributed by atoms with E-state index in [0.29, 0.717) is 23.9 Å². The topological polar surface area (TPSA) is 63.9 Å². The molecule has 98 valence electrons. The summed E-state index contributed by atoms with van der Waals surface area (Å²) in [7, 11) is 0. The Bertz CT molecular complexity index is 693. The summed E-state index contributed by atoms with van der Waals surface area (Å²) in [4.78, 5) is 8.30. The van der Waals surface area contributed by atoms with E-state index in [1.54, 1.807) is 23.0 Å². The maximum atomic E-state index is 6.21. The van der Waals surface area contributed by atoms with Crippen molar-refractivity contribution < 1.29 is 4.74 Å². The SMILES string of the molecule is NCc1cc2cc(Cl)c(OCc3cncs3)cc2[nH]1. The van der Waals surface area contributed by atoms with Gasteiger partial charge in [0.05, 0.1) is 15.4 Å². The molecule has 0 fully saturated rings. The number of nitrogens with one attached hydrogen (secondary N) is 1. The predicted molar refractivity (Wildman–Crippen MR) is 77.6 cm³/mol. The summed E-state index contributed by atoms with van der Waals surface area (Å²) in [6, 6.07) is 5.78. The molecule has 0 saturated carbocycles. The van der Waals surface area contributed by atoms with Crippen LogP contribution in [-0.2, 0) is 13.2 Å². The summed E-state index contributed by atoms with van der Waals surface area (Å²) in [5.41, 5.74) is 9.34. The second-order valence-corrected chi connectivity index (χ2v) is 5.50. The van der Waals surface area contributed by atoms with Crippen molar-refractivity contribution >= 4 is 33.8 Å². The summed E-state index contributed by atoms with van der Waals surface area (Å²) in [6.45, 7) is 0.948. The van der Waals surface area contributed by atoms with Crippen molar-refractivity contribution in [2.75, 3.05) is 0 Å².